The van der Waals surface area contributed by atoms with E-state index >= 15 is 0 Å². The standard InChI is InChI=1S/C9H9FN2/c1-6(12)8-4-7(5-11)2-3-9(8)10/h2-4,6H,12H2,1H3. The lowest BCUT2D eigenvalue weighted by Gasteiger charge is -2.06. The van der Waals surface area contributed by atoms with Crippen molar-refractivity contribution in [3.05, 3.63) is 35.1 Å². The molecule has 1 rings (SSSR count). The van der Waals surface area contributed by atoms with Crippen LogP contribution in [0.3, 0.4) is 0 Å². The summed E-state index contributed by atoms with van der Waals surface area (Å²) in [7, 11) is 0. The fraction of sp³-hybridized carbons (Fsp3) is 0.222. The summed E-state index contributed by atoms with van der Waals surface area (Å²) >= 11 is 0. The van der Waals surface area contributed by atoms with E-state index in [-0.39, 0.29) is 11.9 Å². The minimum Gasteiger partial charge on any atom is -0.324 e. The third-order valence-corrected chi connectivity index (χ3v) is 1.62. The van der Waals surface area contributed by atoms with Crippen molar-refractivity contribution >= 4 is 0 Å². The minimum atomic E-state index is -0.377. The van der Waals surface area contributed by atoms with Gasteiger partial charge in [0.15, 0.2) is 0 Å². The Hall–Kier alpha value is -1.40. The lowest BCUT2D eigenvalue weighted by atomic mass is 10.1. The van der Waals surface area contributed by atoms with Crippen LogP contribution < -0.4 is 5.73 Å². The Morgan fingerprint density at radius 3 is 2.75 bits per heavy atom. The second kappa shape index (κ2) is 3.33. The number of nitrogens with two attached hydrogens (primary N) is 1. The van der Waals surface area contributed by atoms with Crippen LogP contribution in [-0.2, 0) is 0 Å². The van der Waals surface area contributed by atoms with Crippen LogP contribution in [-0.4, -0.2) is 0 Å². The van der Waals surface area contributed by atoms with Gasteiger partial charge in [0.25, 0.3) is 0 Å². The highest BCUT2D eigenvalue weighted by atomic mass is 19.1. The van der Waals surface area contributed by atoms with Crippen LogP contribution in [0.1, 0.15) is 24.1 Å². The molecule has 0 aromatic heterocycles. The predicted octanol–water partition coefficient (Wildman–Crippen LogP) is 1.72. The van der Waals surface area contributed by atoms with Crippen LogP contribution >= 0.6 is 0 Å². The molecule has 0 fully saturated rings. The number of benzene rings is 1. The highest BCUT2D eigenvalue weighted by molar-refractivity contribution is 5.34. The molecule has 3 heteroatoms. The van der Waals surface area contributed by atoms with Crippen molar-refractivity contribution in [3.63, 3.8) is 0 Å². The minimum absolute atomic E-state index is 0.357. The summed E-state index contributed by atoms with van der Waals surface area (Å²) in [5.41, 5.74) is 6.31. The van der Waals surface area contributed by atoms with Crippen molar-refractivity contribution in [2.75, 3.05) is 0 Å². The maximum absolute atomic E-state index is 13.0. The van der Waals surface area contributed by atoms with Crippen molar-refractivity contribution in [3.8, 4) is 6.07 Å². The molecule has 0 aliphatic carbocycles. The molecule has 0 bridgehead atoms. The summed E-state index contributed by atoms with van der Waals surface area (Å²) in [6.07, 6.45) is 0. The van der Waals surface area contributed by atoms with Gasteiger partial charge in [0.2, 0.25) is 0 Å². The summed E-state index contributed by atoms with van der Waals surface area (Å²) in [6, 6.07) is 5.72. The molecule has 0 saturated heterocycles. The molecule has 0 spiro atoms. The Bertz CT molecular complexity index is 326. The van der Waals surface area contributed by atoms with Crippen LogP contribution in [0, 0.1) is 17.1 Å². The number of nitrogens with zero attached hydrogens (tertiary/aromatic N) is 1. The van der Waals surface area contributed by atoms with Gasteiger partial charge in [0.05, 0.1) is 11.6 Å². The molecule has 0 heterocycles. The first kappa shape index (κ1) is 8.69. The van der Waals surface area contributed by atoms with Gasteiger partial charge >= 0.3 is 0 Å². The zero-order valence-corrected chi connectivity index (χ0v) is 6.71. The quantitative estimate of drug-likeness (QED) is 0.687. The van der Waals surface area contributed by atoms with Crippen LogP contribution in [0.5, 0.6) is 0 Å². The van der Waals surface area contributed by atoms with Crippen LogP contribution in [0.15, 0.2) is 18.2 Å². The molecular formula is C9H9FN2. The fourth-order valence-corrected chi connectivity index (χ4v) is 0.962. The van der Waals surface area contributed by atoms with Crippen molar-refractivity contribution < 1.29 is 4.39 Å². The number of halogens is 1. The lowest BCUT2D eigenvalue weighted by molar-refractivity contribution is 0.593. The van der Waals surface area contributed by atoms with Gasteiger partial charge in [-0.3, -0.25) is 0 Å². The van der Waals surface area contributed by atoms with Gasteiger partial charge < -0.3 is 5.73 Å². The molecule has 0 aliphatic rings. The maximum Gasteiger partial charge on any atom is 0.128 e. The van der Waals surface area contributed by atoms with Crippen LogP contribution in [0.2, 0.25) is 0 Å². The molecule has 0 aliphatic heterocycles. The zero-order valence-electron chi connectivity index (χ0n) is 6.71. The first-order chi connectivity index (χ1) is 5.65. The SMILES string of the molecule is CC(N)c1cc(C#N)ccc1F. The average molecular weight is 164 g/mol. The summed E-state index contributed by atoms with van der Waals surface area (Å²) in [5, 5.41) is 8.52. The van der Waals surface area contributed by atoms with Gasteiger partial charge in [0, 0.05) is 11.6 Å². The van der Waals surface area contributed by atoms with Crippen molar-refractivity contribution in [2.45, 2.75) is 13.0 Å². The van der Waals surface area contributed by atoms with Crippen LogP contribution in [0.25, 0.3) is 0 Å². The van der Waals surface area contributed by atoms with Crippen molar-refractivity contribution in [1.29, 1.82) is 5.26 Å². The second-order valence-corrected chi connectivity index (χ2v) is 2.64. The Kier molecular flexibility index (Phi) is 2.41. The van der Waals surface area contributed by atoms with E-state index in [2.05, 4.69) is 0 Å². The molecule has 0 saturated carbocycles. The Morgan fingerprint density at radius 2 is 2.25 bits per heavy atom. The molecule has 1 atom stereocenters. The van der Waals surface area contributed by atoms with E-state index in [0.717, 1.165) is 0 Å². The van der Waals surface area contributed by atoms with E-state index in [1.807, 2.05) is 6.07 Å². The highest BCUT2D eigenvalue weighted by Gasteiger charge is 2.06. The molecule has 12 heavy (non-hydrogen) atoms. The number of hydrogen-bond donors (Lipinski definition) is 1. The molecule has 0 amide bonds. The molecule has 0 radical (unpaired) electrons. The number of hydrogen-bond acceptors (Lipinski definition) is 2. The molecule has 62 valence electrons. The summed E-state index contributed by atoms with van der Waals surface area (Å²) in [4.78, 5) is 0. The summed E-state index contributed by atoms with van der Waals surface area (Å²) < 4.78 is 13.0. The van der Waals surface area contributed by atoms with E-state index in [1.54, 1.807) is 6.92 Å². The number of rotatable bonds is 1. The topological polar surface area (TPSA) is 49.8 Å². The fourth-order valence-electron chi connectivity index (χ4n) is 0.962. The van der Waals surface area contributed by atoms with E-state index in [9.17, 15) is 4.39 Å². The van der Waals surface area contributed by atoms with Gasteiger partial charge in [-0.05, 0) is 25.1 Å². The van der Waals surface area contributed by atoms with Gasteiger partial charge in [-0.2, -0.15) is 5.26 Å². The maximum atomic E-state index is 13.0. The van der Waals surface area contributed by atoms with Gasteiger partial charge in [-0.1, -0.05) is 0 Å². The summed E-state index contributed by atoms with van der Waals surface area (Å²) in [5.74, 6) is -0.357. The first-order valence-electron chi connectivity index (χ1n) is 3.60. The predicted molar refractivity (Wildman–Crippen MR) is 43.7 cm³/mol. The van der Waals surface area contributed by atoms with Gasteiger partial charge in [0.1, 0.15) is 5.82 Å². The molecule has 1 aromatic rings. The molecule has 2 nitrogen and oxygen atoms in total. The van der Waals surface area contributed by atoms with E-state index in [1.165, 1.54) is 18.2 Å². The average Bonchev–Trinajstić information content (AvgIpc) is 2.05. The third-order valence-electron chi connectivity index (χ3n) is 1.62. The van der Waals surface area contributed by atoms with Crippen molar-refractivity contribution in [2.24, 2.45) is 5.73 Å². The van der Waals surface area contributed by atoms with Crippen molar-refractivity contribution in [1.82, 2.24) is 0 Å². The molecule has 1 unspecified atom stereocenters. The zero-order chi connectivity index (χ0) is 9.14. The van der Waals surface area contributed by atoms with Crippen LogP contribution in [0.4, 0.5) is 4.39 Å². The third kappa shape index (κ3) is 1.60. The summed E-state index contributed by atoms with van der Waals surface area (Å²) in [6.45, 7) is 1.68. The molecular weight excluding hydrogens is 155 g/mol. The monoisotopic (exact) mass is 164 g/mol. The largest absolute Gasteiger partial charge is 0.324 e. The molecule has 1 aromatic carbocycles. The van der Waals surface area contributed by atoms with Gasteiger partial charge in [-0.25, -0.2) is 4.39 Å². The number of nitriles is 1. The second-order valence-electron chi connectivity index (χ2n) is 2.64. The smallest absolute Gasteiger partial charge is 0.128 e. The molecule has 2 N–H and O–H groups in total. The van der Waals surface area contributed by atoms with E-state index in [0.29, 0.717) is 11.1 Å². The van der Waals surface area contributed by atoms with E-state index in [4.69, 9.17) is 11.0 Å². The lowest BCUT2D eigenvalue weighted by Crippen LogP contribution is -2.07. The normalized spacial score (nSPS) is 12.2. The van der Waals surface area contributed by atoms with E-state index < -0.39 is 0 Å². The highest BCUT2D eigenvalue weighted by Crippen LogP contribution is 2.15. The Balaban J connectivity index is 3.19. The first-order valence-corrected chi connectivity index (χ1v) is 3.60. The Labute approximate surface area is 70.4 Å². The van der Waals surface area contributed by atoms with Gasteiger partial charge in [-0.15, -0.1) is 0 Å². The Morgan fingerprint density at radius 1 is 1.58 bits per heavy atom.